The van der Waals surface area contributed by atoms with Gasteiger partial charge in [0.1, 0.15) is 0 Å². The third-order valence-electron chi connectivity index (χ3n) is 5.07. The molecule has 5 nitrogen and oxygen atoms in total. The maximum atomic E-state index is 10.6. The van der Waals surface area contributed by atoms with E-state index in [1.54, 1.807) is 0 Å². The van der Waals surface area contributed by atoms with Gasteiger partial charge in [-0.1, -0.05) is 19.3 Å². The molecular weight excluding hydrogens is 302 g/mol. The molecule has 2 N–H and O–H groups in total. The summed E-state index contributed by atoms with van der Waals surface area (Å²) in [6.07, 6.45) is 7.35. The molecule has 0 aromatic heterocycles. The maximum absolute atomic E-state index is 10.6. The van der Waals surface area contributed by atoms with Crippen molar-refractivity contribution in [1.82, 2.24) is 4.90 Å². The number of carboxylic acid groups (broad SMARTS) is 1. The van der Waals surface area contributed by atoms with Crippen LogP contribution in [0.25, 0.3) is 0 Å². The fourth-order valence-electron chi connectivity index (χ4n) is 3.62. The van der Waals surface area contributed by atoms with E-state index in [0.717, 1.165) is 19.1 Å². The van der Waals surface area contributed by atoms with Crippen LogP contribution in [0, 0.1) is 0 Å². The van der Waals surface area contributed by atoms with Gasteiger partial charge in [-0.25, -0.2) is 4.79 Å². The van der Waals surface area contributed by atoms with Crippen LogP contribution in [0.4, 0.5) is 16.2 Å². The Morgan fingerprint density at radius 1 is 1.08 bits per heavy atom. The van der Waals surface area contributed by atoms with Crippen molar-refractivity contribution in [2.24, 2.45) is 0 Å². The van der Waals surface area contributed by atoms with E-state index in [0.29, 0.717) is 11.7 Å². The zero-order valence-corrected chi connectivity index (χ0v) is 14.6. The lowest BCUT2D eigenvalue weighted by atomic mass is 10.2. The number of nitrogens with zero attached hydrogens (tertiary/aromatic N) is 2. The van der Waals surface area contributed by atoms with Gasteiger partial charge < -0.3 is 10.0 Å². The highest BCUT2D eigenvalue weighted by molar-refractivity contribution is 5.83. The van der Waals surface area contributed by atoms with Crippen LogP contribution in [0.2, 0.25) is 0 Å². The van der Waals surface area contributed by atoms with Crippen LogP contribution >= 0.6 is 0 Å². The second-order valence-corrected chi connectivity index (χ2v) is 7.16. The van der Waals surface area contributed by atoms with Gasteiger partial charge >= 0.3 is 6.09 Å². The number of benzene rings is 1. The van der Waals surface area contributed by atoms with E-state index in [1.807, 2.05) is 24.3 Å². The van der Waals surface area contributed by atoms with Gasteiger partial charge in [-0.05, 0) is 57.0 Å². The number of hydrogen-bond acceptors (Lipinski definition) is 3. The number of carbonyl (C=O) groups is 1. The molecule has 1 aromatic carbocycles. The molecule has 1 aliphatic carbocycles. The van der Waals surface area contributed by atoms with Gasteiger partial charge in [0, 0.05) is 36.5 Å². The minimum absolute atomic E-state index is 0.621. The van der Waals surface area contributed by atoms with Crippen molar-refractivity contribution in [2.75, 3.05) is 29.9 Å². The normalized spacial score (nSPS) is 26.0. The molecule has 0 radical (unpaired) electrons. The fourth-order valence-corrected chi connectivity index (χ4v) is 3.62. The van der Waals surface area contributed by atoms with Crippen molar-refractivity contribution >= 4 is 17.5 Å². The van der Waals surface area contributed by atoms with E-state index in [-0.39, 0.29) is 0 Å². The third kappa shape index (κ3) is 4.63. The molecule has 2 heterocycles. The van der Waals surface area contributed by atoms with Gasteiger partial charge in [0.25, 0.3) is 0 Å². The number of likely N-dealkylation sites (tertiary alicyclic amines) is 1. The smallest absolute Gasteiger partial charge is 0.409 e. The molecule has 1 aromatic rings. The number of rotatable bonds is 3. The van der Waals surface area contributed by atoms with Crippen molar-refractivity contribution in [3.8, 4) is 0 Å². The Morgan fingerprint density at radius 2 is 1.79 bits per heavy atom. The zero-order valence-electron chi connectivity index (χ0n) is 14.6. The van der Waals surface area contributed by atoms with E-state index in [4.69, 9.17) is 5.11 Å². The van der Waals surface area contributed by atoms with Gasteiger partial charge in [-0.15, -0.1) is 0 Å². The molecule has 4 rings (SSSR count). The first-order valence-corrected chi connectivity index (χ1v) is 9.24. The van der Waals surface area contributed by atoms with E-state index >= 15 is 0 Å². The predicted molar refractivity (Wildman–Crippen MR) is 98.0 cm³/mol. The first kappa shape index (κ1) is 17.1. The molecule has 24 heavy (non-hydrogen) atoms. The lowest BCUT2D eigenvalue weighted by molar-refractivity contribution is 0.204. The molecule has 1 saturated carbocycles. The van der Waals surface area contributed by atoms with E-state index < -0.39 is 6.09 Å². The van der Waals surface area contributed by atoms with Crippen LogP contribution in [-0.2, 0) is 0 Å². The van der Waals surface area contributed by atoms with Crippen molar-refractivity contribution in [1.29, 1.82) is 0 Å². The molecule has 132 valence electrons. The average Bonchev–Trinajstić information content (AvgIpc) is 3.26. The summed E-state index contributed by atoms with van der Waals surface area (Å²) in [7, 11) is 0. The molecule has 1 amide bonds. The summed E-state index contributed by atoms with van der Waals surface area (Å²) in [6, 6.07) is 9.04. The van der Waals surface area contributed by atoms with Gasteiger partial charge in [-0.2, -0.15) is 0 Å². The van der Waals surface area contributed by atoms with Crippen molar-refractivity contribution in [2.45, 2.75) is 57.5 Å². The molecule has 2 saturated heterocycles. The summed E-state index contributed by atoms with van der Waals surface area (Å²) in [5.41, 5.74) is 1.80. The van der Waals surface area contributed by atoms with E-state index in [1.165, 1.54) is 50.8 Å². The first-order valence-electron chi connectivity index (χ1n) is 9.24. The molecule has 2 aliphatic heterocycles. The highest BCUT2D eigenvalue weighted by Gasteiger charge is 2.32. The molecular formula is C19H29N3O2. The fraction of sp³-hybridized carbons (Fsp3) is 0.632. The topological polar surface area (TPSA) is 55.8 Å². The summed E-state index contributed by atoms with van der Waals surface area (Å²) in [4.78, 5) is 15.7. The second-order valence-electron chi connectivity index (χ2n) is 7.16. The Labute approximate surface area is 144 Å². The van der Waals surface area contributed by atoms with Gasteiger partial charge in [0.2, 0.25) is 0 Å². The quantitative estimate of drug-likeness (QED) is 0.879. The van der Waals surface area contributed by atoms with Gasteiger partial charge in [-0.3, -0.25) is 10.2 Å². The average molecular weight is 331 g/mol. The summed E-state index contributed by atoms with van der Waals surface area (Å²) >= 11 is 0. The summed E-state index contributed by atoms with van der Waals surface area (Å²) < 4.78 is 0. The SMILES string of the molecule is C1CC1.CC1CCCN1C1CCN(c2ccc(NC(=O)O)cc2)C1. The maximum Gasteiger partial charge on any atom is 0.409 e. The van der Waals surface area contributed by atoms with Crippen LogP contribution in [0.5, 0.6) is 0 Å². The lowest BCUT2D eigenvalue weighted by Crippen LogP contribution is -2.39. The Hall–Kier alpha value is -1.75. The molecule has 3 fully saturated rings. The Morgan fingerprint density at radius 3 is 2.33 bits per heavy atom. The van der Waals surface area contributed by atoms with Crippen LogP contribution in [0.1, 0.15) is 45.4 Å². The summed E-state index contributed by atoms with van der Waals surface area (Å²) in [5, 5.41) is 11.1. The van der Waals surface area contributed by atoms with Crippen molar-refractivity contribution < 1.29 is 9.90 Å². The number of anilines is 2. The molecule has 2 unspecified atom stereocenters. The van der Waals surface area contributed by atoms with Crippen LogP contribution in [0.15, 0.2) is 24.3 Å². The minimum atomic E-state index is -1.02. The largest absolute Gasteiger partial charge is 0.465 e. The second kappa shape index (κ2) is 7.88. The summed E-state index contributed by atoms with van der Waals surface area (Å²) in [5.74, 6) is 0. The first-order chi connectivity index (χ1) is 11.6. The standard InChI is InChI=1S/C16H23N3O2.C3H6/c1-12-3-2-9-19(12)15-8-10-18(11-15)14-6-4-13(5-7-14)17-16(20)21;1-2-3-1/h4-7,12,15,17H,2-3,8-11H2,1H3,(H,20,21);1-3H2. The Kier molecular flexibility index (Phi) is 5.61. The number of hydrogen-bond donors (Lipinski definition) is 2. The molecule has 0 spiro atoms. The number of nitrogens with one attached hydrogen (secondary N) is 1. The highest BCUT2D eigenvalue weighted by Crippen LogP contribution is 2.28. The minimum Gasteiger partial charge on any atom is -0.465 e. The van der Waals surface area contributed by atoms with Gasteiger partial charge in [0.05, 0.1) is 0 Å². The molecule has 3 aliphatic rings. The van der Waals surface area contributed by atoms with Crippen LogP contribution < -0.4 is 10.2 Å². The molecule has 2 atom stereocenters. The molecule has 5 heteroatoms. The monoisotopic (exact) mass is 331 g/mol. The van der Waals surface area contributed by atoms with Gasteiger partial charge in [0.15, 0.2) is 0 Å². The lowest BCUT2D eigenvalue weighted by Gasteiger charge is -2.28. The summed E-state index contributed by atoms with van der Waals surface area (Å²) in [6.45, 7) is 5.73. The van der Waals surface area contributed by atoms with Crippen LogP contribution in [0.3, 0.4) is 0 Å². The molecule has 0 bridgehead atoms. The van der Waals surface area contributed by atoms with E-state index in [2.05, 4.69) is 22.0 Å². The van der Waals surface area contributed by atoms with E-state index in [9.17, 15) is 4.79 Å². The van der Waals surface area contributed by atoms with Crippen LogP contribution in [-0.4, -0.2) is 47.8 Å². The highest BCUT2D eigenvalue weighted by atomic mass is 16.4. The Bertz CT molecular complexity index is 541. The van der Waals surface area contributed by atoms with Crippen molar-refractivity contribution in [3.63, 3.8) is 0 Å². The third-order valence-corrected chi connectivity index (χ3v) is 5.07. The predicted octanol–water partition coefficient (Wildman–Crippen LogP) is 4.01. The zero-order chi connectivity index (χ0) is 16.9. The number of amides is 1. The van der Waals surface area contributed by atoms with Crippen molar-refractivity contribution in [3.05, 3.63) is 24.3 Å². The Balaban J connectivity index is 0.000000508.